The third kappa shape index (κ3) is 2.27. The molecule has 0 heterocycles. The van der Waals surface area contributed by atoms with Crippen LogP contribution in [0.5, 0.6) is 0 Å². The minimum atomic E-state index is -1.77. The SMILES string of the molecule is CCCC(O)(C(C)=O)C(O)CO. The molecule has 0 rings (SSSR count). The minimum absolute atomic E-state index is 0.171. The lowest BCUT2D eigenvalue weighted by Gasteiger charge is -2.28. The molecule has 0 amide bonds. The molecule has 0 aliphatic carbocycles. The van der Waals surface area contributed by atoms with Gasteiger partial charge in [-0.1, -0.05) is 13.3 Å². The number of carbonyl (C=O) groups is 1. The quantitative estimate of drug-likeness (QED) is 0.525. The van der Waals surface area contributed by atoms with E-state index in [9.17, 15) is 9.90 Å². The molecule has 0 spiro atoms. The van der Waals surface area contributed by atoms with E-state index in [0.29, 0.717) is 6.42 Å². The molecule has 0 aromatic rings. The van der Waals surface area contributed by atoms with Crippen LogP contribution in [0, 0.1) is 0 Å². The van der Waals surface area contributed by atoms with Crippen LogP contribution in [0.4, 0.5) is 0 Å². The summed E-state index contributed by atoms with van der Waals surface area (Å²) in [7, 11) is 0. The van der Waals surface area contributed by atoms with Gasteiger partial charge in [0, 0.05) is 0 Å². The molecule has 0 saturated carbocycles. The van der Waals surface area contributed by atoms with E-state index in [0.717, 1.165) is 0 Å². The highest BCUT2D eigenvalue weighted by molar-refractivity contribution is 5.85. The molecule has 4 heteroatoms. The number of rotatable bonds is 5. The highest BCUT2D eigenvalue weighted by atomic mass is 16.4. The van der Waals surface area contributed by atoms with Crippen molar-refractivity contribution in [2.75, 3.05) is 6.61 Å². The number of Topliss-reactive ketones (excluding diaryl/α,β-unsaturated/α-hetero) is 1. The largest absolute Gasteiger partial charge is 0.394 e. The van der Waals surface area contributed by atoms with Crippen molar-refractivity contribution in [2.45, 2.75) is 38.4 Å². The van der Waals surface area contributed by atoms with Crippen LogP contribution in [-0.4, -0.2) is 39.4 Å². The molecule has 0 aromatic heterocycles. The highest BCUT2D eigenvalue weighted by Crippen LogP contribution is 2.18. The van der Waals surface area contributed by atoms with Crippen LogP contribution in [-0.2, 0) is 4.79 Å². The summed E-state index contributed by atoms with van der Waals surface area (Å²) < 4.78 is 0. The molecule has 12 heavy (non-hydrogen) atoms. The van der Waals surface area contributed by atoms with Crippen LogP contribution in [0.25, 0.3) is 0 Å². The summed E-state index contributed by atoms with van der Waals surface area (Å²) in [5, 5.41) is 27.3. The Kier molecular flexibility index (Phi) is 4.37. The number of ketones is 1. The molecule has 0 saturated heterocycles. The number of aliphatic hydroxyl groups excluding tert-OH is 2. The van der Waals surface area contributed by atoms with E-state index < -0.39 is 24.1 Å². The maximum atomic E-state index is 10.9. The lowest BCUT2D eigenvalue weighted by molar-refractivity contribution is -0.153. The van der Waals surface area contributed by atoms with Gasteiger partial charge in [0.2, 0.25) is 0 Å². The van der Waals surface area contributed by atoms with Gasteiger partial charge in [-0.25, -0.2) is 0 Å². The Balaban J connectivity index is 4.48. The van der Waals surface area contributed by atoms with Crippen molar-refractivity contribution in [3.63, 3.8) is 0 Å². The Bertz CT molecular complexity index is 157. The first-order valence-corrected chi connectivity index (χ1v) is 4.01. The van der Waals surface area contributed by atoms with Crippen molar-refractivity contribution in [3.05, 3.63) is 0 Å². The molecule has 2 atom stereocenters. The zero-order valence-electron chi connectivity index (χ0n) is 7.45. The van der Waals surface area contributed by atoms with Crippen LogP contribution >= 0.6 is 0 Å². The second kappa shape index (κ2) is 4.54. The second-order valence-electron chi connectivity index (χ2n) is 2.93. The first-order chi connectivity index (χ1) is 5.49. The average molecular weight is 176 g/mol. The number of hydrogen-bond acceptors (Lipinski definition) is 4. The monoisotopic (exact) mass is 176 g/mol. The lowest BCUT2D eigenvalue weighted by Crippen LogP contribution is -2.50. The Labute approximate surface area is 71.8 Å². The smallest absolute Gasteiger partial charge is 0.164 e. The summed E-state index contributed by atoms with van der Waals surface area (Å²) in [5.74, 6) is -0.508. The zero-order valence-corrected chi connectivity index (χ0v) is 7.45. The third-order valence-corrected chi connectivity index (χ3v) is 1.96. The van der Waals surface area contributed by atoms with Crippen molar-refractivity contribution in [1.29, 1.82) is 0 Å². The zero-order chi connectivity index (χ0) is 9.78. The normalized spacial score (nSPS) is 18.4. The predicted octanol–water partition coefficient (Wildman–Crippen LogP) is -0.540. The standard InChI is InChI=1S/C8H16O4/c1-3-4-8(12,6(2)10)7(11)5-9/h7,9,11-12H,3-5H2,1-2H3. The van der Waals surface area contributed by atoms with Crippen molar-refractivity contribution in [2.24, 2.45) is 0 Å². The Hall–Kier alpha value is -0.450. The lowest BCUT2D eigenvalue weighted by atomic mass is 9.88. The van der Waals surface area contributed by atoms with Crippen molar-refractivity contribution >= 4 is 5.78 Å². The van der Waals surface area contributed by atoms with E-state index in [4.69, 9.17) is 10.2 Å². The molecule has 0 aromatic carbocycles. The fraction of sp³-hybridized carbons (Fsp3) is 0.875. The van der Waals surface area contributed by atoms with Gasteiger partial charge < -0.3 is 15.3 Å². The Morgan fingerprint density at radius 1 is 1.58 bits per heavy atom. The van der Waals surface area contributed by atoms with E-state index in [1.807, 2.05) is 0 Å². The summed E-state index contributed by atoms with van der Waals surface area (Å²) in [6.45, 7) is 2.39. The summed E-state index contributed by atoms with van der Waals surface area (Å²) in [5.41, 5.74) is -1.77. The number of aliphatic hydroxyl groups is 3. The number of hydrogen-bond donors (Lipinski definition) is 3. The predicted molar refractivity (Wildman–Crippen MR) is 43.6 cm³/mol. The van der Waals surface area contributed by atoms with Gasteiger partial charge in [0.25, 0.3) is 0 Å². The first-order valence-electron chi connectivity index (χ1n) is 4.01. The second-order valence-corrected chi connectivity index (χ2v) is 2.93. The first kappa shape index (κ1) is 11.6. The van der Waals surface area contributed by atoms with Crippen LogP contribution < -0.4 is 0 Å². The van der Waals surface area contributed by atoms with Crippen LogP contribution in [0.15, 0.2) is 0 Å². The maximum Gasteiger partial charge on any atom is 0.164 e. The molecule has 0 bridgehead atoms. The molecule has 0 aliphatic rings. The molecule has 0 fully saturated rings. The van der Waals surface area contributed by atoms with Gasteiger partial charge in [-0.05, 0) is 13.3 Å². The minimum Gasteiger partial charge on any atom is -0.394 e. The van der Waals surface area contributed by atoms with Gasteiger partial charge in [-0.3, -0.25) is 4.79 Å². The van der Waals surface area contributed by atoms with Gasteiger partial charge in [0.15, 0.2) is 11.4 Å². The third-order valence-electron chi connectivity index (χ3n) is 1.96. The fourth-order valence-electron chi connectivity index (χ4n) is 1.11. The topological polar surface area (TPSA) is 77.8 Å². The van der Waals surface area contributed by atoms with Gasteiger partial charge in [-0.2, -0.15) is 0 Å². The van der Waals surface area contributed by atoms with E-state index in [1.165, 1.54) is 6.92 Å². The van der Waals surface area contributed by atoms with E-state index in [1.54, 1.807) is 6.92 Å². The van der Waals surface area contributed by atoms with Crippen molar-refractivity contribution in [1.82, 2.24) is 0 Å². The molecule has 0 radical (unpaired) electrons. The van der Waals surface area contributed by atoms with Crippen LogP contribution in [0.2, 0.25) is 0 Å². The summed E-state index contributed by atoms with van der Waals surface area (Å²) >= 11 is 0. The van der Waals surface area contributed by atoms with E-state index >= 15 is 0 Å². The molecule has 2 unspecified atom stereocenters. The molecule has 72 valence electrons. The van der Waals surface area contributed by atoms with Crippen LogP contribution in [0.1, 0.15) is 26.7 Å². The van der Waals surface area contributed by atoms with Gasteiger partial charge in [0.1, 0.15) is 6.10 Å². The molecular weight excluding hydrogens is 160 g/mol. The van der Waals surface area contributed by atoms with Crippen LogP contribution in [0.3, 0.4) is 0 Å². The Morgan fingerprint density at radius 3 is 2.33 bits per heavy atom. The van der Waals surface area contributed by atoms with Crippen molar-refractivity contribution < 1.29 is 20.1 Å². The summed E-state index contributed by atoms with van der Waals surface area (Å²) in [6, 6.07) is 0. The van der Waals surface area contributed by atoms with E-state index in [-0.39, 0.29) is 6.42 Å². The number of carbonyl (C=O) groups excluding carboxylic acids is 1. The molecule has 3 N–H and O–H groups in total. The summed E-state index contributed by atoms with van der Waals surface area (Å²) in [6.07, 6.45) is -0.632. The highest BCUT2D eigenvalue weighted by Gasteiger charge is 2.38. The van der Waals surface area contributed by atoms with Gasteiger partial charge >= 0.3 is 0 Å². The van der Waals surface area contributed by atoms with Gasteiger partial charge in [-0.15, -0.1) is 0 Å². The fourth-order valence-corrected chi connectivity index (χ4v) is 1.11. The van der Waals surface area contributed by atoms with Gasteiger partial charge in [0.05, 0.1) is 6.61 Å². The average Bonchev–Trinajstić information content (AvgIpc) is 2.03. The molecular formula is C8H16O4. The van der Waals surface area contributed by atoms with E-state index in [2.05, 4.69) is 0 Å². The summed E-state index contributed by atoms with van der Waals surface area (Å²) in [4.78, 5) is 10.9. The van der Waals surface area contributed by atoms with Crippen molar-refractivity contribution in [3.8, 4) is 0 Å². The molecule has 0 aliphatic heterocycles. The Morgan fingerprint density at radius 2 is 2.08 bits per heavy atom. The maximum absolute atomic E-state index is 10.9. The molecule has 4 nitrogen and oxygen atoms in total.